The highest BCUT2D eigenvalue weighted by Gasteiger charge is 2.27. The number of hydrogen-bond donors (Lipinski definition) is 0. The molecule has 9 aromatic carbocycles. The summed E-state index contributed by atoms with van der Waals surface area (Å²) in [7, 11) is 0. The van der Waals surface area contributed by atoms with Crippen molar-refractivity contribution in [1.29, 1.82) is 5.26 Å². The summed E-state index contributed by atoms with van der Waals surface area (Å²) in [4.78, 5) is 4.75. The Morgan fingerprint density at radius 2 is 0.803 bits per heavy atom. The lowest BCUT2D eigenvalue weighted by atomic mass is 9.85. The molecule has 0 saturated carbocycles. The quantitative estimate of drug-likeness (QED) is 0.167. The van der Waals surface area contributed by atoms with Gasteiger partial charge >= 0.3 is 0 Å². The first-order chi connectivity index (χ1) is 31.8. The van der Waals surface area contributed by atoms with Crippen LogP contribution in [0.1, 0.15) is 69.4 Å². The third-order valence-electron chi connectivity index (χ3n) is 13.3. The van der Waals surface area contributed by atoms with E-state index in [1.165, 1.54) is 22.3 Å². The monoisotopic (exact) mass is 857 g/mol. The Bertz CT molecular complexity index is 3550. The third kappa shape index (κ3) is 6.67. The zero-order chi connectivity index (χ0) is 45.6. The Balaban J connectivity index is 1.05. The van der Waals surface area contributed by atoms with Gasteiger partial charge in [-0.25, -0.2) is 0 Å². The molecule has 0 atom stereocenters. The zero-order valence-corrected chi connectivity index (χ0v) is 38.7. The second-order valence-electron chi connectivity index (χ2n) is 19.9. The smallest absolute Gasteiger partial charge is 0.157 e. The zero-order valence-electron chi connectivity index (χ0n) is 38.7. The lowest BCUT2D eigenvalue weighted by Gasteiger charge is -2.33. The first-order valence-corrected chi connectivity index (χ1v) is 22.8. The second kappa shape index (κ2) is 15.1. The SMILES string of the molecule is Cc1ccccc1N(c1ccc2cc3c(cc2c1)oc1c(C#N)c2oc4cc5cc(N(c6ccccc6C)c6ccccc6C(C)(C)C)ccc5cc4c2cc13)c1ccccc1C(C)(C)C. The van der Waals surface area contributed by atoms with Crippen LogP contribution >= 0.6 is 0 Å². The van der Waals surface area contributed by atoms with Gasteiger partial charge < -0.3 is 18.6 Å². The van der Waals surface area contributed by atoms with E-state index in [0.717, 1.165) is 88.4 Å². The van der Waals surface area contributed by atoms with Crippen LogP contribution in [0.25, 0.3) is 65.4 Å². The highest BCUT2D eigenvalue weighted by Crippen LogP contribution is 2.47. The van der Waals surface area contributed by atoms with Crippen molar-refractivity contribution >= 4 is 99.5 Å². The molecular formula is C61H51N3O2. The highest BCUT2D eigenvalue weighted by molar-refractivity contribution is 6.20. The molecular weight excluding hydrogens is 807 g/mol. The first-order valence-electron chi connectivity index (χ1n) is 22.8. The van der Waals surface area contributed by atoms with Gasteiger partial charge in [0.25, 0.3) is 0 Å². The Morgan fingerprint density at radius 1 is 0.409 bits per heavy atom. The van der Waals surface area contributed by atoms with Crippen LogP contribution in [0.3, 0.4) is 0 Å². The number of nitrogens with zero attached hydrogens (tertiary/aromatic N) is 3. The molecule has 5 heteroatoms. The Hall–Kier alpha value is -7.81. The summed E-state index contributed by atoms with van der Waals surface area (Å²) in [6.07, 6.45) is 0. The van der Waals surface area contributed by atoms with E-state index in [9.17, 15) is 5.26 Å². The molecule has 0 spiro atoms. The molecule has 322 valence electrons. The maximum absolute atomic E-state index is 10.8. The fourth-order valence-corrected chi connectivity index (χ4v) is 10.0. The topological polar surface area (TPSA) is 56.6 Å². The fourth-order valence-electron chi connectivity index (χ4n) is 10.0. The highest BCUT2D eigenvalue weighted by atomic mass is 16.3. The lowest BCUT2D eigenvalue weighted by Crippen LogP contribution is -2.19. The molecule has 0 aliphatic carbocycles. The van der Waals surface area contributed by atoms with Crippen molar-refractivity contribution in [2.75, 3.05) is 9.80 Å². The van der Waals surface area contributed by atoms with E-state index < -0.39 is 0 Å². The van der Waals surface area contributed by atoms with Crippen LogP contribution in [0.5, 0.6) is 0 Å². The Labute approximate surface area is 385 Å². The Morgan fingerprint density at radius 3 is 1.20 bits per heavy atom. The van der Waals surface area contributed by atoms with E-state index in [1.807, 2.05) is 0 Å². The lowest BCUT2D eigenvalue weighted by molar-refractivity contribution is 0.590. The molecule has 0 saturated heterocycles. The second-order valence-corrected chi connectivity index (χ2v) is 19.9. The van der Waals surface area contributed by atoms with Gasteiger partial charge in [0.1, 0.15) is 22.8 Å². The average molecular weight is 858 g/mol. The molecule has 0 amide bonds. The first kappa shape index (κ1) is 40.9. The average Bonchev–Trinajstić information content (AvgIpc) is 3.84. The van der Waals surface area contributed by atoms with Gasteiger partial charge in [-0.3, -0.25) is 0 Å². The largest absolute Gasteiger partial charge is 0.454 e. The van der Waals surface area contributed by atoms with Crippen LogP contribution in [0, 0.1) is 25.2 Å². The van der Waals surface area contributed by atoms with Crippen LogP contribution < -0.4 is 9.80 Å². The summed E-state index contributed by atoms with van der Waals surface area (Å²) >= 11 is 0. The number of benzene rings is 9. The molecule has 11 aromatic rings. The van der Waals surface area contributed by atoms with Gasteiger partial charge in [-0.05, 0) is 147 Å². The van der Waals surface area contributed by atoms with E-state index in [0.29, 0.717) is 16.7 Å². The molecule has 11 rings (SSSR count). The van der Waals surface area contributed by atoms with Crippen molar-refractivity contribution in [3.05, 3.63) is 192 Å². The number of furan rings is 2. The number of anilines is 6. The Kier molecular flexibility index (Phi) is 9.39. The molecule has 5 nitrogen and oxygen atoms in total. The molecule has 0 bridgehead atoms. The van der Waals surface area contributed by atoms with E-state index in [4.69, 9.17) is 8.83 Å². The van der Waals surface area contributed by atoms with Crippen molar-refractivity contribution in [2.24, 2.45) is 0 Å². The molecule has 0 radical (unpaired) electrons. The summed E-state index contributed by atoms with van der Waals surface area (Å²) in [6.45, 7) is 17.9. The van der Waals surface area contributed by atoms with Crippen molar-refractivity contribution in [1.82, 2.24) is 0 Å². The van der Waals surface area contributed by atoms with Crippen molar-refractivity contribution in [3.8, 4) is 6.07 Å². The molecule has 0 fully saturated rings. The number of rotatable bonds is 6. The number of aryl methyl sites for hydroxylation is 2. The van der Waals surface area contributed by atoms with Crippen LogP contribution in [0.4, 0.5) is 34.1 Å². The van der Waals surface area contributed by atoms with Crippen LogP contribution in [-0.4, -0.2) is 0 Å². The van der Waals surface area contributed by atoms with Crippen LogP contribution in [-0.2, 0) is 10.8 Å². The summed E-state index contributed by atoms with van der Waals surface area (Å²) in [5.74, 6) is 0. The normalized spacial score (nSPS) is 12.2. The van der Waals surface area contributed by atoms with E-state index >= 15 is 0 Å². The van der Waals surface area contributed by atoms with Gasteiger partial charge in [0.05, 0.1) is 0 Å². The standard InChI is InChI=1S/C61H51N3O2/c1-37-17-9-13-21-52(37)63(54-23-15-11-19-50(54)60(3,4)5)43-27-25-39-31-45-47-35-48-46-32-40-26-28-44(64(53-22-14-10-18-38(53)2)55-24-16-12-20-51(55)61(6,7)8)30-42(40)34-57(46)66-59(48)49(36-62)58(47)65-56(45)33-41(39)29-43/h9-35H,1-8H3. The minimum atomic E-state index is -0.0720. The van der Waals surface area contributed by atoms with Gasteiger partial charge in [-0.2, -0.15) is 5.26 Å². The van der Waals surface area contributed by atoms with Gasteiger partial charge in [-0.1, -0.05) is 126 Å². The van der Waals surface area contributed by atoms with Crippen molar-refractivity contribution < 1.29 is 8.83 Å². The molecule has 0 N–H and O–H groups in total. The minimum absolute atomic E-state index is 0.0720. The van der Waals surface area contributed by atoms with Gasteiger partial charge in [0.2, 0.25) is 0 Å². The predicted octanol–water partition coefficient (Wildman–Crippen LogP) is 17.8. The number of para-hydroxylation sites is 4. The number of nitriles is 1. The maximum Gasteiger partial charge on any atom is 0.157 e. The summed E-state index contributed by atoms with van der Waals surface area (Å²) in [5.41, 5.74) is 14.4. The summed E-state index contributed by atoms with van der Waals surface area (Å²) < 4.78 is 13.4. The van der Waals surface area contributed by atoms with E-state index in [-0.39, 0.29) is 10.8 Å². The molecule has 0 aliphatic heterocycles. The minimum Gasteiger partial charge on any atom is -0.454 e. The van der Waals surface area contributed by atoms with Gasteiger partial charge in [0.15, 0.2) is 11.2 Å². The fraction of sp³-hybridized carbons (Fsp3) is 0.164. The predicted molar refractivity (Wildman–Crippen MR) is 277 cm³/mol. The summed E-state index contributed by atoms with van der Waals surface area (Å²) in [5, 5.41) is 18.8. The van der Waals surface area contributed by atoms with Crippen molar-refractivity contribution in [2.45, 2.75) is 66.2 Å². The van der Waals surface area contributed by atoms with E-state index in [1.54, 1.807) is 0 Å². The molecule has 66 heavy (non-hydrogen) atoms. The molecule has 0 aliphatic rings. The molecule has 2 heterocycles. The van der Waals surface area contributed by atoms with Crippen molar-refractivity contribution in [3.63, 3.8) is 0 Å². The van der Waals surface area contributed by atoms with Crippen LogP contribution in [0.2, 0.25) is 0 Å². The van der Waals surface area contributed by atoms with Gasteiger partial charge in [-0.15, -0.1) is 0 Å². The molecule has 0 unspecified atom stereocenters. The molecule has 2 aromatic heterocycles. The summed E-state index contributed by atoms with van der Waals surface area (Å²) in [6, 6.07) is 61.1. The third-order valence-corrected chi connectivity index (χ3v) is 13.3. The number of hydrogen-bond acceptors (Lipinski definition) is 5. The van der Waals surface area contributed by atoms with E-state index in [2.05, 4.69) is 235 Å². The van der Waals surface area contributed by atoms with Crippen LogP contribution in [0.15, 0.2) is 173 Å². The number of fused-ring (bicyclic) bond motifs is 8. The maximum atomic E-state index is 10.8. The van der Waals surface area contributed by atoms with Gasteiger partial charge in [0, 0.05) is 55.7 Å².